The van der Waals surface area contributed by atoms with Gasteiger partial charge in [0.05, 0.1) is 4.62 Å². The van der Waals surface area contributed by atoms with Crippen LogP contribution in [0.5, 0.6) is 0 Å². The molecule has 0 radical (unpaired) electrons. The summed E-state index contributed by atoms with van der Waals surface area (Å²) in [4.78, 5) is 4.13. The molecule has 0 N–H and O–H groups in total. The third-order valence-electron chi connectivity index (χ3n) is 1.55. The van der Waals surface area contributed by atoms with Gasteiger partial charge in [-0.15, -0.1) is 0 Å². The molecule has 0 bridgehead atoms. The van der Waals surface area contributed by atoms with Crippen molar-refractivity contribution in [1.29, 1.82) is 0 Å². The van der Waals surface area contributed by atoms with Crippen molar-refractivity contribution < 1.29 is 0 Å². The molecule has 0 amide bonds. The molecule has 1 nitrogen and oxygen atoms in total. The molecule has 1 aliphatic rings. The van der Waals surface area contributed by atoms with Crippen LogP contribution >= 0.6 is 15.9 Å². The lowest BCUT2D eigenvalue weighted by Crippen LogP contribution is -2.07. The van der Waals surface area contributed by atoms with E-state index < -0.39 is 0 Å². The molecule has 0 aromatic rings. The predicted molar refractivity (Wildman–Crippen MR) is 43.9 cm³/mol. The number of nitrogens with zero attached hydrogens (tertiary/aromatic N) is 1. The SMILES string of the molecule is CCC1CC=CN=C1Br. The summed E-state index contributed by atoms with van der Waals surface area (Å²) in [5, 5.41) is 0. The number of rotatable bonds is 1. The Balaban J connectivity index is 2.59. The average Bonchev–Trinajstić information content (AvgIpc) is 1.89. The Kier molecular flexibility index (Phi) is 2.46. The van der Waals surface area contributed by atoms with Gasteiger partial charge < -0.3 is 0 Å². The van der Waals surface area contributed by atoms with Gasteiger partial charge in [0.1, 0.15) is 0 Å². The topological polar surface area (TPSA) is 12.4 Å². The van der Waals surface area contributed by atoms with E-state index in [9.17, 15) is 0 Å². The van der Waals surface area contributed by atoms with Gasteiger partial charge in [0, 0.05) is 12.1 Å². The van der Waals surface area contributed by atoms with E-state index in [4.69, 9.17) is 0 Å². The number of aliphatic imine (C=N–C) groups is 1. The van der Waals surface area contributed by atoms with Crippen LogP contribution in [-0.4, -0.2) is 4.62 Å². The molecule has 0 fully saturated rings. The van der Waals surface area contributed by atoms with Gasteiger partial charge in [0.2, 0.25) is 0 Å². The van der Waals surface area contributed by atoms with E-state index >= 15 is 0 Å². The van der Waals surface area contributed by atoms with Crippen molar-refractivity contribution in [3.63, 3.8) is 0 Å². The van der Waals surface area contributed by atoms with E-state index in [-0.39, 0.29) is 0 Å². The van der Waals surface area contributed by atoms with Crippen LogP contribution in [0.15, 0.2) is 17.3 Å². The zero-order valence-corrected chi connectivity index (χ0v) is 7.06. The first-order valence-corrected chi connectivity index (χ1v) is 4.02. The normalized spacial score (nSPS) is 26.0. The van der Waals surface area contributed by atoms with Gasteiger partial charge in [-0.25, -0.2) is 0 Å². The molecule has 50 valence electrons. The number of halogens is 1. The highest BCUT2D eigenvalue weighted by molar-refractivity contribution is 9.18. The molecule has 1 atom stereocenters. The Morgan fingerprint density at radius 3 is 3.11 bits per heavy atom. The van der Waals surface area contributed by atoms with E-state index in [1.807, 2.05) is 6.20 Å². The summed E-state index contributed by atoms with van der Waals surface area (Å²) in [6.07, 6.45) is 6.28. The van der Waals surface area contributed by atoms with Crippen molar-refractivity contribution >= 4 is 20.6 Å². The van der Waals surface area contributed by atoms with Crippen molar-refractivity contribution in [2.24, 2.45) is 10.9 Å². The van der Waals surface area contributed by atoms with Crippen LogP contribution in [0.25, 0.3) is 0 Å². The van der Waals surface area contributed by atoms with Crippen LogP contribution in [0.4, 0.5) is 0 Å². The van der Waals surface area contributed by atoms with Crippen molar-refractivity contribution in [1.82, 2.24) is 0 Å². The lowest BCUT2D eigenvalue weighted by molar-refractivity contribution is 0.679. The fourth-order valence-corrected chi connectivity index (χ4v) is 1.52. The molecule has 0 aromatic heterocycles. The fourth-order valence-electron chi connectivity index (χ4n) is 0.887. The maximum atomic E-state index is 4.13. The maximum Gasteiger partial charge on any atom is 0.0862 e. The summed E-state index contributed by atoms with van der Waals surface area (Å²) in [7, 11) is 0. The fraction of sp³-hybridized carbons (Fsp3) is 0.571. The molecular weight excluding hydrogens is 178 g/mol. The highest BCUT2D eigenvalue weighted by Crippen LogP contribution is 2.18. The van der Waals surface area contributed by atoms with Crippen LogP contribution in [0.1, 0.15) is 19.8 Å². The maximum absolute atomic E-state index is 4.13. The quantitative estimate of drug-likeness (QED) is 0.599. The minimum Gasteiger partial charge on any atom is -0.254 e. The van der Waals surface area contributed by atoms with Crippen molar-refractivity contribution in [3.05, 3.63) is 12.3 Å². The number of allylic oxidation sites excluding steroid dienone is 1. The molecule has 0 spiro atoms. The average molecular weight is 188 g/mol. The summed E-state index contributed by atoms with van der Waals surface area (Å²) in [5.74, 6) is 0.634. The van der Waals surface area contributed by atoms with Gasteiger partial charge >= 0.3 is 0 Å². The van der Waals surface area contributed by atoms with Crippen molar-refractivity contribution in [2.45, 2.75) is 19.8 Å². The highest BCUT2D eigenvalue weighted by Gasteiger charge is 2.10. The molecule has 1 unspecified atom stereocenters. The first-order chi connectivity index (χ1) is 4.34. The summed E-state index contributed by atoms with van der Waals surface area (Å²) < 4.78 is 1.10. The minimum atomic E-state index is 0.634. The zero-order valence-electron chi connectivity index (χ0n) is 5.47. The second-order valence-electron chi connectivity index (χ2n) is 2.18. The highest BCUT2D eigenvalue weighted by atomic mass is 79.9. The number of hydrogen-bond acceptors (Lipinski definition) is 1. The third kappa shape index (κ3) is 1.65. The summed E-state index contributed by atoms with van der Waals surface area (Å²) >= 11 is 3.41. The van der Waals surface area contributed by atoms with Crippen molar-refractivity contribution in [3.8, 4) is 0 Å². The van der Waals surface area contributed by atoms with Crippen LogP contribution in [0.2, 0.25) is 0 Å². The lowest BCUT2D eigenvalue weighted by atomic mass is 10.0. The summed E-state index contributed by atoms with van der Waals surface area (Å²) in [6.45, 7) is 2.18. The predicted octanol–water partition coefficient (Wildman–Crippen LogP) is 2.72. The monoisotopic (exact) mass is 187 g/mol. The van der Waals surface area contributed by atoms with E-state index in [0.29, 0.717) is 5.92 Å². The van der Waals surface area contributed by atoms with Crippen LogP contribution in [-0.2, 0) is 0 Å². The van der Waals surface area contributed by atoms with Gasteiger partial charge in [-0.2, -0.15) is 0 Å². The molecule has 1 rings (SSSR count). The Bertz CT molecular complexity index is 149. The van der Waals surface area contributed by atoms with E-state index in [1.54, 1.807) is 0 Å². The number of hydrogen-bond donors (Lipinski definition) is 0. The largest absolute Gasteiger partial charge is 0.254 e. The van der Waals surface area contributed by atoms with Crippen LogP contribution in [0, 0.1) is 5.92 Å². The Labute approximate surface area is 64.0 Å². The van der Waals surface area contributed by atoms with E-state index in [2.05, 4.69) is 33.9 Å². The second kappa shape index (κ2) is 3.16. The van der Waals surface area contributed by atoms with E-state index in [1.165, 1.54) is 6.42 Å². The first kappa shape index (κ1) is 7.00. The standard InChI is InChI=1S/C7H10BrN/c1-2-6-4-3-5-9-7(6)8/h3,5-6H,2,4H2,1H3. The molecule has 0 saturated carbocycles. The molecular formula is C7H10BrN. The molecule has 1 heterocycles. The zero-order chi connectivity index (χ0) is 6.69. The van der Waals surface area contributed by atoms with Crippen molar-refractivity contribution in [2.75, 3.05) is 0 Å². The second-order valence-corrected chi connectivity index (χ2v) is 2.99. The molecule has 9 heavy (non-hydrogen) atoms. The van der Waals surface area contributed by atoms with Crippen LogP contribution in [0.3, 0.4) is 0 Å². The third-order valence-corrected chi connectivity index (χ3v) is 2.41. The lowest BCUT2D eigenvalue weighted by Gasteiger charge is -2.12. The summed E-state index contributed by atoms with van der Waals surface area (Å²) in [5.41, 5.74) is 0. The molecule has 0 saturated heterocycles. The van der Waals surface area contributed by atoms with Gasteiger partial charge in [-0.3, -0.25) is 4.99 Å². The van der Waals surface area contributed by atoms with E-state index in [0.717, 1.165) is 11.0 Å². The minimum absolute atomic E-state index is 0.634. The smallest absolute Gasteiger partial charge is 0.0862 e. The van der Waals surface area contributed by atoms with Gasteiger partial charge in [0.15, 0.2) is 0 Å². The molecule has 0 aliphatic carbocycles. The molecule has 1 aliphatic heterocycles. The molecule has 0 aromatic carbocycles. The Hall–Kier alpha value is -0.110. The first-order valence-electron chi connectivity index (χ1n) is 3.22. The summed E-state index contributed by atoms with van der Waals surface area (Å²) in [6, 6.07) is 0. The van der Waals surface area contributed by atoms with Gasteiger partial charge in [-0.05, 0) is 28.8 Å². The Morgan fingerprint density at radius 2 is 2.67 bits per heavy atom. The van der Waals surface area contributed by atoms with Crippen LogP contribution < -0.4 is 0 Å². The van der Waals surface area contributed by atoms with Gasteiger partial charge in [0.25, 0.3) is 0 Å². The Morgan fingerprint density at radius 1 is 1.89 bits per heavy atom. The van der Waals surface area contributed by atoms with Gasteiger partial charge in [-0.1, -0.05) is 13.0 Å². The molecule has 2 heteroatoms.